The van der Waals surface area contributed by atoms with Crippen molar-refractivity contribution in [2.24, 2.45) is 5.92 Å². The van der Waals surface area contributed by atoms with Crippen LogP contribution in [0.3, 0.4) is 0 Å². The Hall–Kier alpha value is -2.02. The van der Waals surface area contributed by atoms with E-state index in [2.05, 4.69) is 19.2 Å². The maximum absolute atomic E-state index is 11.5. The van der Waals surface area contributed by atoms with Crippen LogP contribution in [0.2, 0.25) is 0 Å². The third-order valence-corrected chi connectivity index (χ3v) is 2.41. The van der Waals surface area contributed by atoms with E-state index in [0.717, 1.165) is 6.42 Å². The number of nitrogens with one attached hydrogen (secondary N) is 1. The fourth-order valence-electron chi connectivity index (χ4n) is 1.38. The van der Waals surface area contributed by atoms with Crippen molar-refractivity contribution in [1.82, 2.24) is 5.32 Å². The summed E-state index contributed by atoms with van der Waals surface area (Å²) in [7, 11) is 0. The highest BCUT2D eigenvalue weighted by atomic mass is 16.5. The molecular formula is C14H18N2O2. The van der Waals surface area contributed by atoms with Gasteiger partial charge in [-0.15, -0.1) is 0 Å². The fraction of sp³-hybridized carbons (Fsp3) is 0.429. The summed E-state index contributed by atoms with van der Waals surface area (Å²) in [6, 6.07) is 8.89. The largest absolute Gasteiger partial charge is 0.482 e. The van der Waals surface area contributed by atoms with E-state index in [-0.39, 0.29) is 12.5 Å². The lowest BCUT2D eigenvalue weighted by Gasteiger charge is -2.09. The number of carbonyl (C=O) groups excluding carboxylic acids is 1. The fourth-order valence-corrected chi connectivity index (χ4v) is 1.38. The Labute approximate surface area is 108 Å². The SMILES string of the molecule is CC(C)CCNC(=O)COc1ccccc1C#N. The second-order valence-electron chi connectivity index (χ2n) is 4.43. The van der Waals surface area contributed by atoms with Crippen molar-refractivity contribution in [2.75, 3.05) is 13.2 Å². The van der Waals surface area contributed by atoms with Crippen molar-refractivity contribution in [3.63, 3.8) is 0 Å². The van der Waals surface area contributed by atoms with Crippen molar-refractivity contribution in [3.8, 4) is 11.8 Å². The predicted octanol–water partition coefficient (Wildman–Crippen LogP) is 2.10. The smallest absolute Gasteiger partial charge is 0.257 e. The Morgan fingerprint density at radius 3 is 2.83 bits per heavy atom. The highest BCUT2D eigenvalue weighted by Crippen LogP contribution is 2.16. The van der Waals surface area contributed by atoms with Crippen molar-refractivity contribution in [3.05, 3.63) is 29.8 Å². The van der Waals surface area contributed by atoms with Gasteiger partial charge in [-0.05, 0) is 24.5 Å². The zero-order valence-electron chi connectivity index (χ0n) is 10.8. The lowest BCUT2D eigenvalue weighted by molar-refractivity contribution is -0.123. The number of carbonyl (C=O) groups is 1. The molecule has 4 heteroatoms. The van der Waals surface area contributed by atoms with Gasteiger partial charge in [0.05, 0.1) is 5.56 Å². The Kier molecular flexibility index (Phi) is 5.72. The molecule has 0 bridgehead atoms. The van der Waals surface area contributed by atoms with Crippen molar-refractivity contribution in [1.29, 1.82) is 5.26 Å². The molecule has 1 rings (SSSR count). The van der Waals surface area contributed by atoms with E-state index in [1.165, 1.54) is 0 Å². The molecule has 0 heterocycles. The number of para-hydroxylation sites is 1. The predicted molar refractivity (Wildman–Crippen MR) is 69.1 cm³/mol. The number of nitriles is 1. The first-order valence-electron chi connectivity index (χ1n) is 6.02. The average Bonchev–Trinajstić information content (AvgIpc) is 2.36. The van der Waals surface area contributed by atoms with Gasteiger partial charge >= 0.3 is 0 Å². The van der Waals surface area contributed by atoms with Crippen LogP contribution in [-0.4, -0.2) is 19.1 Å². The molecule has 1 aromatic rings. The van der Waals surface area contributed by atoms with Crippen molar-refractivity contribution in [2.45, 2.75) is 20.3 Å². The van der Waals surface area contributed by atoms with Crippen LogP contribution in [0.1, 0.15) is 25.8 Å². The van der Waals surface area contributed by atoms with E-state index in [1.807, 2.05) is 6.07 Å². The molecule has 96 valence electrons. The molecule has 0 aliphatic rings. The summed E-state index contributed by atoms with van der Waals surface area (Å²) in [5, 5.41) is 11.6. The first-order valence-corrected chi connectivity index (χ1v) is 6.02. The van der Waals surface area contributed by atoms with Crippen LogP contribution in [0.25, 0.3) is 0 Å². The standard InChI is InChI=1S/C14H18N2O2/c1-11(2)7-8-16-14(17)10-18-13-6-4-3-5-12(13)9-15/h3-6,11H,7-8,10H2,1-2H3,(H,16,17). The number of hydrogen-bond acceptors (Lipinski definition) is 3. The summed E-state index contributed by atoms with van der Waals surface area (Å²) in [5.41, 5.74) is 0.437. The maximum Gasteiger partial charge on any atom is 0.257 e. The number of rotatable bonds is 6. The number of benzene rings is 1. The zero-order valence-corrected chi connectivity index (χ0v) is 10.8. The van der Waals surface area contributed by atoms with Gasteiger partial charge in [0.25, 0.3) is 5.91 Å². The summed E-state index contributed by atoms with van der Waals surface area (Å²) in [6.07, 6.45) is 0.945. The molecule has 0 saturated heterocycles. The van der Waals surface area contributed by atoms with Gasteiger partial charge in [0, 0.05) is 6.54 Å². The Morgan fingerprint density at radius 1 is 1.44 bits per heavy atom. The van der Waals surface area contributed by atoms with E-state index in [1.54, 1.807) is 24.3 Å². The van der Waals surface area contributed by atoms with Gasteiger partial charge in [-0.3, -0.25) is 4.79 Å². The molecule has 4 nitrogen and oxygen atoms in total. The van der Waals surface area contributed by atoms with Crippen LogP contribution in [0.4, 0.5) is 0 Å². The van der Waals surface area contributed by atoms with Gasteiger partial charge < -0.3 is 10.1 Å². The molecule has 0 saturated carbocycles. The monoisotopic (exact) mass is 246 g/mol. The van der Waals surface area contributed by atoms with Crippen molar-refractivity contribution < 1.29 is 9.53 Å². The van der Waals surface area contributed by atoms with Crippen LogP contribution < -0.4 is 10.1 Å². The Balaban J connectivity index is 2.36. The molecule has 0 fully saturated rings. The summed E-state index contributed by atoms with van der Waals surface area (Å²) in [4.78, 5) is 11.5. The minimum atomic E-state index is -0.164. The molecule has 0 unspecified atom stereocenters. The second kappa shape index (κ2) is 7.33. The summed E-state index contributed by atoms with van der Waals surface area (Å²) >= 11 is 0. The minimum absolute atomic E-state index is 0.0587. The molecule has 1 aromatic carbocycles. The highest BCUT2D eigenvalue weighted by molar-refractivity contribution is 5.77. The molecule has 0 aliphatic heterocycles. The van der Waals surface area contributed by atoms with E-state index in [0.29, 0.717) is 23.8 Å². The van der Waals surface area contributed by atoms with Gasteiger partial charge in [0.2, 0.25) is 0 Å². The van der Waals surface area contributed by atoms with Crippen LogP contribution in [0.15, 0.2) is 24.3 Å². The third-order valence-electron chi connectivity index (χ3n) is 2.41. The van der Waals surface area contributed by atoms with E-state index >= 15 is 0 Å². The molecule has 0 radical (unpaired) electrons. The molecule has 0 spiro atoms. The lowest BCUT2D eigenvalue weighted by Crippen LogP contribution is -2.30. The minimum Gasteiger partial charge on any atom is -0.482 e. The Morgan fingerprint density at radius 2 is 2.17 bits per heavy atom. The van der Waals surface area contributed by atoms with Crippen LogP contribution in [-0.2, 0) is 4.79 Å². The van der Waals surface area contributed by atoms with E-state index < -0.39 is 0 Å². The first-order chi connectivity index (χ1) is 8.63. The molecule has 1 amide bonds. The topological polar surface area (TPSA) is 62.1 Å². The summed E-state index contributed by atoms with van der Waals surface area (Å²) in [6.45, 7) is 4.80. The lowest BCUT2D eigenvalue weighted by atomic mass is 10.1. The van der Waals surface area contributed by atoms with Crippen LogP contribution in [0, 0.1) is 17.2 Å². The number of amides is 1. The van der Waals surface area contributed by atoms with Crippen LogP contribution in [0.5, 0.6) is 5.75 Å². The quantitative estimate of drug-likeness (QED) is 0.836. The first kappa shape index (κ1) is 14.0. The number of ether oxygens (including phenoxy) is 1. The van der Waals surface area contributed by atoms with E-state index in [4.69, 9.17) is 10.00 Å². The molecule has 0 aromatic heterocycles. The zero-order chi connectivity index (χ0) is 13.4. The maximum atomic E-state index is 11.5. The molecule has 0 aliphatic carbocycles. The van der Waals surface area contributed by atoms with Gasteiger partial charge in [-0.1, -0.05) is 26.0 Å². The third kappa shape index (κ3) is 4.88. The normalized spacial score (nSPS) is 9.89. The molecule has 1 N–H and O–H groups in total. The summed E-state index contributed by atoms with van der Waals surface area (Å²) < 4.78 is 5.31. The molecular weight excluding hydrogens is 228 g/mol. The van der Waals surface area contributed by atoms with Crippen LogP contribution >= 0.6 is 0 Å². The number of hydrogen-bond donors (Lipinski definition) is 1. The van der Waals surface area contributed by atoms with E-state index in [9.17, 15) is 4.79 Å². The van der Waals surface area contributed by atoms with Crippen molar-refractivity contribution >= 4 is 5.91 Å². The Bertz CT molecular complexity index is 436. The van der Waals surface area contributed by atoms with Gasteiger partial charge in [-0.25, -0.2) is 0 Å². The second-order valence-corrected chi connectivity index (χ2v) is 4.43. The summed E-state index contributed by atoms with van der Waals surface area (Å²) in [5.74, 6) is 0.841. The van der Waals surface area contributed by atoms with Gasteiger partial charge in [0.1, 0.15) is 11.8 Å². The molecule has 0 atom stereocenters. The van der Waals surface area contributed by atoms with Gasteiger partial charge in [-0.2, -0.15) is 5.26 Å². The van der Waals surface area contributed by atoms with Gasteiger partial charge in [0.15, 0.2) is 6.61 Å². The highest BCUT2D eigenvalue weighted by Gasteiger charge is 2.05. The average molecular weight is 246 g/mol. The number of nitrogens with zero attached hydrogens (tertiary/aromatic N) is 1. The molecule has 18 heavy (non-hydrogen) atoms.